The number of aromatic carboxylic acids is 1. The molecule has 4 saturated carbocycles. The fourth-order valence-electron chi connectivity index (χ4n) is 14.1. The SMILES string of the molecule is C=C(C)[C@@H]1CC[C@]2(CNC(=O)OCCCN3CCCC3=O)CC[C@]3(C)[C@H](CC[C@@H]4[C@@]5(C)CC=C(c6ccc(C(=O)O)cc6)C(C)(C)[C@@H]5CC[C@]43C)[C@@H]12. The molecule has 284 valence electrons. The van der Waals surface area contributed by atoms with Gasteiger partial charge < -0.3 is 20.1 Å². The van der Waals surface area contributed by atoms with Crippen molar-refractivity contribution < 1.29 is 24.2 Å². The number of rotatable bonds is 9. The molecule has 1 aromatic rings. The summed E-state index contributed by atoms with van der Waals surface area (Å²) in [4.78, 5) is 38.4. The third kappa shape index (κ3) is 5.77. The van der Waals surface area contributed by atoms with Gasteiger partial charge in [-0.15, -0.1) is 0 Å². The van der Waals surface area contributed by atoms with Crippen LogP contribution >= 0.6 is 0 Å². The molecule has 2 N–H and O–H groups in total. The lowest BCUT2D eigenvalue weighted by molar-refractivity contribution is -0.225. The van der Waals surface area contributed by atoms with Crippen molar-refractivity contribution in [2.75, 3.05) is 26.2 Å². The van der Waals surface area contributed by atoms with Crippen molar-refractivity contribution in [1.82, 2.24) is 10.2 Å². The number of carbonyl (C=O) groups is 3. The average Bonchev–Trinajstić information content (AvgIpc) is 3.69. The number of carboxylic acid groups (broad SMARTS) is 1. The van der Waals surface area contributed by atoms with Gasteiger partial charge in [0.05, 0.1) is 12.2 Å². The first-order valence-corrected chi connectivity index (χ1v) is 20.5. The summed E-state index contributed by atoms with van der Waals surface area (Å²) in [6.45, 7) is 22.1. The van der Waals surface area contributed by atoms with Crippen LogP contribution in [0.1, 0.15) is 135 Å². The third-order valence-electron chi connectivity index (χ3n) is 16.8. The zero-order valence-electron chi connectivity index (χ0n) is 32.8. The van der Waals surface area contributed by atoms with Gasteiger partial charge in [-0.05, 0) is 157 Å². The van der Waals surface area contributed by atoms with Crippen molar-refractivity contribution in [3.8, 4) is 0 Å². The number of hydrogen-bond acceptors (Lipinski definition) is 4. The average molecular weight is 713 g/mol. The Bertz CT molecular complexity index is 1630. The Kier molecular flexibility index (Phi) is 9.55. The van der Waals surface area contributed by atoms with Gasteiger partial charge in [-0.3, -0.25) is 4.79 Å². The molecule has 2 amide bonds. The van der Waals surface area contributed by atoms with Crippen LogP contribution in [0.15, 0.2) is 42.5 Å². The zero-order valence-corrected chi connectivity index (χ0v) is 32.8. The highest BCUT2D eigenvalue weighted by Gasteiger charge is 2.70. The van der Waals surface area contributed by atoms with Gasteiger partial charge >= 0.3 is 12.1 Å². The van der Waals surface area contributed by atoms with Crippen LogP contribution in [0.5, 0.6) is 0 Å². The minimum Gasteiger partial charge on any atom is -0.478 e. The number of nitrogens with zero attached hydrogens (tertiary/aromatic N) is 1. The fourth-order valence-corrected chi connectivity index (χ4v) is 14.1. The molecule has 52 heavy (non-hydrogen) atoms. The van der Waals surface area contributed by atoms with E-state index in [1.54, 1.807) is 12.1 Å². The standard InChI is InChI=1S/C45H64N2O5/c1-29(2)32-17-22-45(28-46-40(51)52-27-9-26-47-25-8-10-37(47)48)24-23-43(6)34(38(32)45)15-16-36-42(5)20-18-33(30-11-13-31(14-12-30)39(49)50)41(3,4)35(42)19-21-44(36,43)7/h11-14,18,32,34-36,38H,1,8-10,15-17,19-28H2,2-7H3,(H,46,51)(H,49,50)/t32-,34+,35-,36+,38+,42-,43+,44+,45+/m0/s1. The summed E-state index contributed by atoms with van der Waals surface area (Å²) in [6, 6.07) is 7.54. The van der Waals surface area contributed by atoms with E-state index < -0.39 is 5.97 Å². The first-order chi connectivity index (χ1) is 24.6. The molecular formula is C45H64N2O5. The van der Waals surface area contributed by atoms with E-state index in [1.807, 2.05) is 17.0 Å². The van der Waals surface area contributed by atoms with Crippen LogP contribution in [0.3, 0.4) is 0 Å². The number of benzene rings is 1. The van der Waals surface area contributed by atoms with E-state index in [-0.39, 0.29) is 39.1 Å². The summed E-state index contributed by atoms with van der Waals surface area (Å²) in [5.74, 6) is 2.12. The van der Waals surface area contributed by atoms with Gasteiger partial charge in [0, 0.05) is 26.1 Å². The lowest BCUT2D eigenvalue weighted by Crippen LogP contribution is -2.66. The molecule has 7 rings (SSSR count). The number of carboxylic acids is 1. The van der Waals surface area contributed by atoms with Gasteiger partial charge in [-0.1, -0.05) is 65.0 Å². The van der Waals surface area contributed by atoms with Crippen LogP contribution in [0, 0.1) is 56.7 Å². The normalized spacial score (nSPS) is 39.0. The predicted molar refractivity (Wildman–Crippen MR) is 206 cm³/mol. The molecule has 1 heterocycles. The molecule has 0 unspecified atom stereocenters. The van der Waals surface area contributed by atoms with Crippen molar-refractivity contribution in [1.29, 1.82) is 0 Å². The summed E-state index contributed by atoms with van der Waals surface area (Å²) in [5, 5.41) is 12.7. The molecule has 0 bridgehead atoms. The maximum atomic E-state index is 13.0. The van der Waals surface area contributed by atoms with Gasteiger partial charge in [0.25, 0.3) is 0 Å². The molecule has 1 aromatic carbocycles. The van der Waals surface area contributed by atoms with E-state index in [1.165, 1.54) is 43.3 Å². The van der Waals surface area contributed by atoms with Crippen molar-refractivity contribution in [2.24, 2.45) is 56.7 Å². The second kappa shape index (κ2) is 13.3. The summed E-state index contributed by atoms with van der Waals surface area (Å²) >= 11 is 0. The summed E-state index contributed by atoms with van der Waals surface area (Å²) < 4.78 is 5.66. The number of carbonyl (C=O) groups excluding carboxylic acids is 2. The Labute approximate surface area is 312 Å². The van der Waals surface area contributed by atoms with Crippen LogP contribution in [-0.4, -0.2) is 54.2 Å². The highest BCUT2D eigenvalue weighted by molar-refractivity contribution is 5.88. The smallest absolute Gasteiger partial charge is 0.407 e. The van der Waals surface area contributed by atoms with Crippen LogP contribution in [0.2, 0.25) is 0 Å². The Balaban J connectivity index is 1.09. The highest BCUT2D eigenvalue weighted by atomic mass is 16.5. The van der Waals surface area contributed by atoms with Gasteiger partial charge in [-0.25, -0.2) is 9.59 Å². The summed E-state index contributed by atoms with van der Waals surface area (Å²) in [7, 11) is 0. The Morgan fingerprint density at radius 1 is 0.962 bits per heavy atom. The Morgan fingerprint density at radius 3 is 2.38 bits per heavy atom. The quantitative estimate of drug-likeness (QED) is 0.196. The first kappa shape index (κ1) is 37.2. The lowest BCUT2D eigenvalue weighted by atomic mass is 9.32. The Morgan fingerprint density at radius 2 is 1.71 bits per heavy atom. The number of fused-ring (bicyclic) bond motifs is 7. The first-order valence-electron chi connectivity index (χ1n) is 20.5. The van der Waals surface area contributed by atoms with Crippen LogP contribution in [0.25, 0.3) is 5.57 Å². The number of ether oxygens (including phenoxy) is 1. The minimum atomic E-state index is -0.878. The van der Waals surface area contributed by atoms with Gasteiger partial charge in [-0.2, -0.15) is 0 Å². The van der Waals surface area contributed by atoms with Crippen LogP contribution in [-0.2, 0) is 9.53 Å². The van der Waals surface area contributed by atoms with E-state index in [9.17, 15) is 19.5 Å². The molecular weight excluding hydrogens is 649 g/mol. The topological polar surface area (TPSA) is 95.9 Å². The van der Waals surface area contributed by atoms with E-state index in [0.717, 1.165) is 44.2 Å². The van der Waals surface area contributed by atoms with E-state index in [4.69, 9.17) is 4.74 Å². The predicted octanol–water partition coefficient (Wildman–Crippen LogP) is 9.77. The van der Waals surface area contributed by atoms with Gasteiger partial charge in [0.1, 0.15) is 0 Å². The molecule has 7 heteroatoms. The number of nitrogens with one attached hydrogen (secondary N) is 1. The number of alkyl carbamates (subject to hydrolysis) is 1. The fraction of sp³-hybridized carbons (Fsp3) is 0.711. The molecule has 1 aliphatic heterocycles. The summed E-state index contributed by atoms with van der Waals surface area (Å²) in [6.07, 6.45) is 15.1. The van der Waals surface area contributed by atoms with Crippen molar-refractivity contribution in [3.05, 3.63) is 53.6 Å². The molecule has 7 nitrogen and oxygen atoms in total. The maximum Gasteiger partial charge on any atom is 0.407 e. The molecule has 5 aliphatic carbocycles. The number of likely N-dealkylation sites (tertiary alicyclic amines) is 1. The van der Waals surface area contributed by atoms with Crippen LogP contribution in [0.4, 0.5) is 4.79 Å². The van der Waals surface area contributed by atoms with Crippen molar-refractivity contribution >= 4 is 23.5 Å². The molecule has 0 radical (unpaired) electrons. The highest BCUT2D eigenvalue weighted by Crippen LogP contribution is 2.77. The largest absolute Gasteiger partial charge is 0.478 e. The van der Waals surface area contributed by atoms with Crippen molar-refractivity contribution in [3.63, 3.8) is 0 Å². The Hall–Kier alpha value is -3.09. The molecule has 9 atom stereocenters. The van der Waals surface area contributed by atoms with Crippen LogP contribution < -0.4 is 5.32 Å². The summed E-state index contributed by atoms with van der Waals surface area (Å²) in [5.41, 5.74) is 4.87. The molecule has 6 aliphatic rings. The number of hydrogen-bond donors (Lipinski definition) is 2. The monoisotopic (exact) mass is 712 g/mol. The third-order valence-corrected chi connectivity index (χ3v) is 16.8. The van der Waals surface area contributed by atoms with Crippen molar-refractivity contribution in [2.45, 2.75) is 119 Å². The van der Waals surface area contributed by atoms with E-state index in [2.05, 4.69) is 59.5 Å². The van der Waals surface area contributed by atoms with E-state index in [0.29, 0.717) is 67.7 Å². The maximum absolute atomic E-state index is 13.0. The second-order valence-electron chi connectivity index (χ2n) is 19.3. The second-order valence-corrected chi connectivity index (χ2v) is 19.3. The van der Waals surface area contributed by atoms with Gasteiger partial charge in [0.2, 0.25) is 5.91 Å². The molecule has 0 spiro atoms. The minimum absolute atomic E-state index is 0.0130. The van der Waals surface area contributed by atoms with Gasteiger partial charge in [0.15, 0.2) is 0 Å². The number of amides is 2. The molecule has 0 aromatic heterocycles. The molecule has 1 saturated heterocycles. The zero-order chi connectivity index (χ0) is 37.3. The number of allylic oxidation sites excluding steroid dienone is 3. The molecule has 5 fully saturated rings. The lowest BCUT2D eigenvalue weighted by Gasteiger charge is -2.72. The van der Waals surface area contributed by atoms with E-state index >= 15 is 0 Å².